The van der Waals surface area contributed by atoms with Crippen molar-refractivity contribution < 1.29 is 0 Å². The zero-order valence-corrected chi connectivity index (χ0v) is 25.7. The van der Waals surface area contributed by atoms with Crippen molar-refractivity contribution in [3.05, 3.63) is 117 Å². The van der Waals surface area contributed by atoms with E-state index in [-0.39, 0.29) is 0 Å². The smallest absolute Gasteiger partial charge is 0.0166 e. The highest BCUT2D eigenvalue weighted by atomic mass is 31.1. The van der Waals surface area contributed by atoms with E-state index in [9.17, 15) is 0 Å². The summed E-state index contributed by atoms with van der Waals surface area (Å²) in [5.74, 6) is 0. The summed E-state index contributed by atoms with van der Waals surface area (Å²) in [5, 5.41) is 6.20. The Balaban J connectivity index is 1.69. The second-order valence-electron chi connectivity index (χ2n) is 10.8. The Hall–Kier alpha value is -2.26. The SMILES string of the molecule is Cc1ccc(P(CCCP(c2ccc(C)cc2C)c2ccc(C)cc2C)c2ccc(C)cc2C)c(C)c1. The van der Waals surface area contributed by atoms with Crippen LogP contribution in [0.5, 0.6) is 0 Å². The number of hydrogen-bond acceptors (Lipinski definition) is 0. The van der Waals surface area contributed by atoms with E-state index >= 15 is 0 Å². The number of hydrogen-bond donors (Lipinski definition) is 0. The van der Waals surface area contributed by atoms with Gasteiger partial charge in [-0.2, -0.15) is 0 Å². The molecule has 0 aliphatic heterocycles. The topological polar surface area (TPSA) is 0 Å². The Morgan fingerprint density at radius 1 is 0.378 bits per heavy atom. The molecule has 192 valence electrons. The number of aryl methyl sites for hydroxylation is 8. The zero-order chi connectivity index (χ0) is 26.7. The third-order valence-corrected chi connectivity index (χ3v) is 13.2. The van der Waals surface area contributed by atoms with Gasteiger partial charge in [0.1, 0.15) is 0 Å². The van der Waals surface area contributed by atoms with Crippen LogP contribution in [0.25, 0.3) is 0 Å². The van der Waals surface area contributed by atoms with Crippen molar-refractivity contribution in [2.75, 3.05) is 12.3 Å². The van der Waals surface area contributed by atoms with Crippen LogP contribution in [0.1, 0.15) is 50.9 Å². The normalized spacial score (nSPS) is 11.5. The molecule has 0 bridgehead atoms. The van der Waals surface area contributed by atoms with Crippen molar-refractivity contribution in [2.24, 2.45) is 0 Å². The monoisotopic (exact) mass is 524 g/mol. The molecule has 37 heavy (non-hydrogen) atoms. The van der Waals surface area contributed by atoms with Crippen molar-refractivity contribution >= 4 is 37.1 Å². The largest absolute Gasteiger partial charge is 0.0587 e. The van der Waals surface area contributed by atoms with Gasteiger partial charge in [0.25, 0.3) is 0 Å². The fraction of sp³-hybridized carbons (Fsp3) is 0.314. The van der Waals surface area contributed by atoms with E-state index in [2.05, 4.69) is 128 Å². The summed E-state index contributed by atoms with van der Waals surface area (Å²) in [5.41, 5.74) is 11.2. The van der Waals surface area contributed by atoms with Crippen LogP contribution in [-0.4, -0.2) is 12.3 Å². The second kappa shape index (κ2) is 12.1. The molecular weight excluding hydrogens is 482 g/mol. The highest BCUT2D eigenvalue weighted by Crippen LogP contribution is 2.42. The third-order valence-electron chi connectivity index (χ3n) is 7.34. The first-order valence-corrected chi connectivity index (χ1v) is 16.5. The van der Waals surface area contributed by atoms with Gasteiger partial charge in [-0.25, -0.2) is 0 Å². The summed E-state index contributed by atoms with van der Waals surface area (Å²) in [6.45, 7) is 18.0. The molecule has 0 atom stereocenters. The van der Waals surface area contributed by atoms with Gasteiger partial charge in [0.05, 0.1) is 0 Å². The molecule has 0 spiro atoms. The minimum absolute atomic E-state index is 0.401. The average Bonchev–Trinajstić information content (AvgIpc) is 2.82. The van der Waals surface area contributed by atoms with Crippen LogP contribution >= 0.6 is 15.8 Å². The van der Waals surface area contributed by atoms with E-state index in [1.54, 1.807) is 21.2 Å². The standard InChI is InChI=1S/C35H42P2/c1-24-10-14-32(28(5)20-24)36(33-15-11-25(2)21-29(33)6)18-9-19-37(34-16-12-26(3)22-30(34)7)35-17-13-27(4)23-31(35)8/h10-17,20-23H,9,18-19H2,1-8H3. The lowest BCUT2D eigenvalue weighted by molar-refractivity contribution is 1.11. The predicted molar refractivity (Wildman–Crippen MR) is 170 cm³/mol. The van der Waals surface area contributed by atoms with Crippen LogP contribution in [0.3, 0.4) is 0 Å². The van der Waals surface area contributed by atoms with E-state index in [4.69, 9.17) is 0 Å². The predicted octanol–water partition coefficient (Wildman–Crippen LogP) is 8.11. The fourth-order valence-electron chi connectivity index (χ4n) is 5.56. The minimum atomic E-state index is -0.401. The summed E-state index contributed by atoms with van der Waals surface area (Å²) in [7, 11) is -0.802. The third kappa shape index (κ3) is 6.60. The summed E-state index contributed by atoms with van der Waals surface area (Å²) in [6, 6.07) is 28.3. The van der Waals surface area contributed by atoms with Crippen LogP contribution in [0.15, 0.2) is 72.8 Å². The van der Waals surface area contributed by atoms with Crippen molar-refractivity contribution in [2.45, 2.75) is 61.8 Å². The van der Waals surface area contributed by atoms with Gasteiger partial charge in [0.15, 0.2) is 0 Å². The molecule has 0 nitrogen and oxygen atoms in total. The van der Waals surface area contributed by atoms with Gasteiger partial charge in [0, 0.05) is 0 Å². The maximum atomic E-state index is 2.41. The first-order chi connectivity index (χ1) is 17.6. The average molecular weight is 525 g/mol. The van der Waals surface area contributed by atoms with Crippen LogP contribution in [0.4, 0.5) is 0 Å². The Bertz CT molecular complexity index is 1190. The molecule has 0 aromatic heterocycles. The maximum Gasteiger partial charge on any atom is -0.0166 e. The molecule has 0 saturated carbocycles. The van der Waals surface area contributed by atoms with Crippen molar-refractivity contribution in [1.82, 2.24) is 0 Å². The van der Waals surface area contributed by atoms with Gasteiger partial charge in [-0.3, -0.25) is 0 Å². The van der Waals surface area contributed by atoms with Crippen LogP contribution < -0.4 is 21.2 Å². The van der Waals surface area contributed by atoms with Gasteiger partial charge < -0.3 is 0 Å². The van der Waals surface area contributed by atoms with E-state index in [0.29, 0.717) is 0 Å². The minimum Gasteiger partial charge on any atom is -0.0587 e. The van der Waals surface area contributed by atoms with Gasteiger partial charge in [0.2, 0.25) is 0 Å². The van der Waals surface area contributed by atoms with E-state index in [1.165, 1.54) is 63.3 Å². The van der Waals surface area contributed by atoms with Crippen molar-refractivity contribution in [1.29, 1.82) is 0 Å². The van der Waals surface area contributed by atoms with Crippen LogP contribution in [0, 0.1) is 55.4 Å². The summed E-state index contributed by atoms with van der Waals surface area (Å²) in [4.78, 5) is 0. The first-order valence-electron chi connectivity index (χ1n) is 13.5. The second-order valence-corrected chi connectivity index (χ2v) is 15.4. The number of benzene rings is 4. The summed E-state index contributed by atoms with van der Waals surface area (Å²) < 4.78 is 0. The molecule has 0 heterocycles. The molecule has 0 aliphatic rings. The van der Waals surface area contributed by atoms with E-state index in [1.807, 2.05) is 0 Å². The molecule has 0 aliphatic carbocycles. The van der Waals surface area contributed by atoms with Crippen molar-refractivity contribution in [3.63, 3.8) is 0 Å². The zero-order valence-electron chi connectivity index (χ0n) is 23.9. The molecule has 0 unspecified atom stereocenters. The fourth-order valence-corrected chi connectivity index (χ4v) is 11.2. The lowest BCUT2D eigenvalue weighted by atomic mass is 10.2. The van der Waals surface area contributed by atoms with Crippen LogP contribution in [-0.2, 0) is 0 Å². The molecule has 0 N–H and O–H groups in total. The molecule has 0 radical (unpaired) electrons. The molecule has 0 amide bonds. The van der Waals surface area contributed by atoms with Gasteiger partial charge in [-0.15, -0.1) is 0 Å². The molecule has 0 saturated heterocycles. The Morgan fingerprint density at radius 3 is 0.838 bits per heavy atom. The number of rotatable bonds is 8. The Morgan fingerprint density at radius 2 is 0.622 bits per heavy atom. The Labute approximate surface area is 228 Å². The maximum absolute atomic E-state index is 2.41. The highest BCUT2D eigenvalue weighted by molar-refractivity contribution is 7.74. The van der Waals surface area contributed by atoms with Gasteiger partial charge >= 0.3 is 0 Å². The quantitative estimate of drug-likeness (QED) is 0.204. The van der Waals surface area contributed by atoms with Gasteiger partial charge in [-0.1, -0.05) is 95.1 Å². The molecule has 4 aromatic carbocycles. The lowest BCUT2D eigenvalue weighted by Crippen LogP contribution is -2.22. The van der Waals surface area contributed by atoms with Gasteiger partial charge in [-0.05, 0) is 133 Å². The molecule has 0 fully saturated rings. The molecular formula is C35H42P2. The summed E-state index contributed by atoms with van der Waals surface area (Å²) in [6.07, 6.45) is 3.70. The van der Waals surface area contributed by atoms with E-state index in [0.717, 1.165) is 0 Å². The Kier molecular flexibility index (Phi) is 9.06. The van der Waals surface area contributed by atoms with E-state index < -0.39 is 15.8 Å². The molecule has 4 rings (SSSR count). The van der Waals surface area contributed by atoms with Crippen molar-refractivity contribution in [3.8, 4) is 0 Å². The highest BCUT2D eigenvalue weighted by Gasteiger charge is 2.22. The summed E-state index contributed by atoms with van der Waals surface area (Å²) >= 11 is 0. The lowest BCUT2D eigenvalue weighted by Gasteiger charge is -2.26. The molecule has 4 aromatic rings. The molecule has 2 heteroatoms. The first kappa shape index (κ1) is 27.8. The van der Waals surface area contributed by atoms with Crippen LogP contribution in [0.2, 0.25) is 0 Å².